The zero-order valence-corrected chi connectivity index (χ0v) is 24.4. The summed E-state index contributed by atoms with van der Waals surface area (Å²) in [5.74, 6) is 0.512. The highest BCUT2D eigenvalue weighted by atomic mass is 79.9. The van der Waals surface area contributed by atoms with E-state index >= 15 is 0 Å². The number of hydrogen-bond donors (Lipinski definition) is 2. The van der Waals surface area contributed by atoms with Crippen molar-refractivity contribution in [3.05, 3.63) is 106 Å². The molecule has 0 aliphatic carbocycles. The van der Waals surface area contributed by atoms with Crippen LogP contribution in [0.3, 0.4) is 0 Å². The third kappa shape index (κ3) is 5.42. The van der Waals surface area contributed by atoms with Gasteiger partial charge in [-0.25, -0.2) is 0 Å². The standard InChI is InChI=1S/C30H30BrN5O2S/c1-19-18-21(20(2)36(19)25-13-6-4-10-22(25)31)29-28(24-12-8-9-16-32-24)34-30(39)35(29)17-15-27(37)33-23-11-5-7-14-26(23)38-3/h4-14,16,18,28-29H,15,17H2,1-3H3,(H,33,37)(H,34,39)/t28-,29+/m1/s1. The van der Waals surface area contributed by atoms with E-state index in [1.54, 1.807) is 13.3 Å². The zero-order chi connectivity index (χ0) is 27.5. The first-order valence-electron chi connectivity index (χ1n) is 12.7. The molecule has 4 aromatic rings. The molecule has 3 heterocycles. The summed E-state index contributed by atoms with van der Waals surface area (Å²) >= 11 is 9.55. The van der Waals surface area contributed by atoms with E-state index in [-0.39, 0.29) is 24.4 Å². The summed E-state index contributed by atoms with van der Waals surface area (Å²) in [5.41, 5.74) is 5.98. The molecule has 1 amide bonds. The molecule has 0 radical (unpaired) electrons. The molecule has 9 heteroatoms. The number of para-hydroxylation sites is 3. The highest BCUT2D eigenvalue weighted by molar-refractivity contribution is 9.10. The molecule has 1 fully saturated rings. The summed E-state index contributed by atoms with van der Waals surface area (Å²) in [6, 6.07) is 23.4. The van der Waals surface area contributed by atoms with Gasteiger partial charge < -0.3 is 24.8 Å². The van der Waals surface area contributed by atoms with Crippen LogP contribution in [0.1, 0.15) is 41.1 Å². The van der Waals surface area contributed by atoms with Crippen molar-refractivity contribution in [2.24, 2.45) is 0 Å². The smallest absolute Gasteiger partial charge is 0.226 e. The molecular weight excluding hydrogens is 574 g/mol. The summed E-state index contributed by atoms with van der Waals surface area (Å²) in [7, 11) is 1.59. The number of benzene rings is 2. The molecule has 0 bridgehead atoms. The van der Waals surface area contributed by atoms with E-state index < -0.39 is 0 Å². The van der Waals surface area contributed by atoms with Gasteiger partial charge in [-0.1, -0.05) is 30.3 Å². The molecule has 1 saturated heterocycles. The number of pyridine rings is 1. The number of hydrogen-bond acceptors (Lipinski definition) is 4. The number of amides is 1. The highest BCUT2D eigenvalue weighted by Crippen LogP contribution is 2.42. The normalized spacial score (nSPS) is 16.7. The maximum Gasteiger partial charge on any atom is 0.226 e. The summed E-state index contributed by atoms with van der Waals surface area (Å²) in [6.45, 7) is 4.68. The molecule has 5 rings (SSSR count). The SMILES string of the molecule is COc1ccccc1NC(=O)CCN1C(=S)N[C@H](c2ccccn2)[C@@H]1c1cc(C)n(-c2ccccc2Br)c1C. The molecule has 1 aliphatic heterocycles. The van der Waals surface area contributed by atoms with Crippen LogP contribution < -0.4 is 15.4 Å². The van der Waals surface area contributed by atoms with Crippen molar-refractivity contribution < 1.29 is 9.53 Å². The number of aryl methyl sites for hydroxylation is 1. The average molecular weight is 605 g/mol. The monoisotopic (exact) mass is 603 g/mol. The number of thiocarbonyl (C=S) groups is 1. The molecule has 2 aromatic heterocycles. The van der Waals surface area contributed by atoms with Gasteiger partial charge in [0.25, 0.3) is 0 Å². The number of rotatable bonds is 8. The predicted molar refractivity (Wildman–Crippen MR) is 161 cm³/mol. The molecule has 0 unspecified atom stereocenters. The van der Waals surface area contributed by atoms with Crippen LogP contribution in [0.15, 0.2) is 83.5 Å². The van der Waals surface area contributed by atoms with Crippen molar-refractivity contribution in [3.8, 4) is 11.4 Å². The van der Waals surface area contributed by atoms with Crippen LogP contribution in [0.25, 0.3) is 5.69 Å². The highest BCUT2D eigenvalue weighted by Gasteiger charge is 2.41. The first kappa shape index (κ1) is 26.9. The van der Waals surface area contributed by atoms with Crippen molar-refractivity contribution in [2.45, 2.75) is 32.4 Å². The molecule has 2 atom stereocenters. The number of anilines is 1. The van der Waals surface area contributed by atoms with Gasteiger partial charge in [0.2, 0.25) is 5.91 Å². The third-order valence-electron chi connectivity index (χ3n) is 7.04. The van der Waals surface area contributed by atoms with E-state index in [2.05, 4.69) is 67.0 Å². The number of carbonyl (C=O) groups is 1. The third-order valence-corrected chi connectivity index (χ3v) is 8.06. The van der Waals surface area contributed by atoms with E-state index in [9.17, 15) is 4.79 Å². The Kier molecular flexibility index (Phi) is 7.99. The van der Waals surface area contributed by atoms with Crippen molar-refractivity contribution in [2.75, 3.05) is 19.0 Å². The van der Waals surface area contributed by atoms with Gasteiger partial charge in [0.1, 0.15) is 5.75 Å². The summed E-state index contributed by atoms with van der Waals surface area (Å²) in [6.07, 6.45) is 2.05. The maximum atomic E-state index is 13.0. The molecule has 0 saturated carbocycles. The van der Waals surface area contributed by atoms with Gasteiger partial charge in [0, 0.05) is 35.0 Å². The average Bonchev–Trinajstić information content (AvgIpc) is 3.42. The van der Waals surface area contributed by atoms with E-state index in [4.69, 9.17) is 17.0 Å². The van der Waals surface area contributed by atoms with Gasteiger partial charge in [0.05, 0.1) is 36.3 Å². The van der Waals surface area contributed by atoms with Crippen molar-refractivity contribution >= 4 is 44.9 Å². The van der Waals surface area contributed by atoms with Gasteiger partial charge >= 0.3 is 0 Å². The zero-order valence-electron chi connectivity index (χ0n) is 22.0. The fourth-order valence-electron chi connectivity index (χ4n) is 5.26. The Hall–Kier alpha value is -3.69. The Morgan fingerprint density at radius 3 is 2.59 bits per heavy atom. The largest absolute Gasteiger partial charge is 0.495 e. The number of nitrogens with zero attached hydrogens (tertiary/aromatic N) is 3. The van der Waals surface area contributed by atoms with Crippen LogP contribution >= 0.6 is 28.1 Å². The minimum atomic E-state index is -0.163. The van der Waals surface area contributed by atoms with Gasteiger partial charge in [-0.15, -0.1) is 0 Å². The number of halogens is 1. The van der Waals surface area contributed by atoms with Crippen LogP contribution in [0, 0.1) is 13.8 Å². The molecule has 2 aromatic carbocycles. The number of ether oxygens (including phenoxy) is 1. The lowest BCUT2D eigenvalue weighted by Crippen LogP contribution is -2.33. The lowest BCUT2D eigenvalue weighted by Gasteiger charge is -2.28. The number of carbonyl (C=O) groups excluding carboxylic acids is 1. The molecule has 1 aliphatic rings. The van der Waals surface area contributed by atoms with E-state index in [1.165, 1.54) is 0 Å². The minimum Gasteiger partial charge on any atom is -0.495 e. The van der Waals surface area contributed by atoms with Gasteiger partial charge in [-0.05, 0) is 90.0 Å². The summed E-state index contributed by atoms with van der Waals surface area (Å²) in [4.78, 5) is 19.8. The van der Waals surface area contributed by atoms with Gasteiger partial charge in [-0.3, -0.25) is 9.78 Å². The second kappa shape index (κ2) is 11.6. The molecule has 200 valence electrons. The first-order valence-corrected chi connectivity index (χ1v) is 13.9. The van der Waals surface area contributed by atoms with Crippen LogP contribution in [-0.2, 0) is 4.79 Å². The van der Waals surface area contributed by atoms with Crippen LogP contribution in [-0.4, -0.2) is 39.1 Å². The topological polar surface area (TPSA) is 71.4 Å². The Morgan fingerprint density at radius 2 is 1.85 bits per heavy atom. The second-order valence-corrected chi connectivity index (χ2v) is 10.7. The summed E-state index contributed by atoms with van der Waals surface area (Å²) in [5, 5.41) is 7.07. The van der Waals surface area contributed by atoms with E-state index in [0.29, 0.717) is 23.1 Å². The van der Waals surface area contributed by atoms with Gasteiger partial charge in [-0.2, -0.15) is 0 Å². The first-order chi connectivity index (χ1) is 18.9. The van der Waals surface area contributed by atoms with Crippen molar-refractivity contribution in [1.82, 2.24) is 19.8 Å². The second-order valence-electron chi connectivity index (χ2n) is 9.43. The lowest BCUT2D eigenvalue weighted by molar-refractivity contribution is -0.116. The number of methoxy groups -OCH3 is 1. The van der Waals surface area contributed by atoms with Crippen LogP contribution in [0.2, 0.25) is 0 Å². The molecule has 2 N–H and O–H groups in total. The maximum absolute atomic E-state index is 13.0. The Morgan fingerprint density at radius 1 is 1.10 bits per heavy atom. The fraction of sp³-hybridized carbons (Fsp3) is 0.233. The predicted octanol–water partition coefficient (Wildman–Crippen LogP) is 6.26. The van der Waals surface area contributed by atoms with Crippen LogP contribution in [0.4, 0.5) is 5.69 Å². The summed E-state index contributed by atoms with van der Waals surface area (Å²) < 4.78 is 8.65. The molecule has 7 nitrogen and oxygen atoms in total. The Labute approximate surface area is 242 Å². The van der Waals surface area contributed by atoms with E-state index in [0.717, 1.165) is 32.8 Å². The Balaban J connectivity index is 1.47. The van der Waals surface area contributed by atoms with Crippen molar-refractivity contribution in [1.29, 1.82) is 0 Å². The minimum absolute atomic E-state index is 0.110. The molecular formula is C30H30BrN5O2S. The van der Waals surface area contributed by atoms with Gasteiger partial charge in [0.15, 0.2) is 5.11 Å². The number of aromatic nitrogens is 2. The van der Waals surface area contributed by atoms with Crippen molar-refractivity contribution in [3.63, 3.8) is 0 Å². The molecule has 39 heavy (non-hydrogen) atoms. The quantitative estimate of drug-likeness (QED) is 0.232. The lowest BCUT2D eigenvalue weighted by atomic mass is 9.96. The number of nitrogens with one attached hydrogen (secondary N) is 2. The van der Waals surface area contributed by atoms with E-state index in [1.807, 2.05) is 60.7 Å². The van der Waals surface area contributed by atoms with Crippen LogP contribution in [0.5, 0.6) is 5.75 Å². The molecule has 0 spiro atoms. The Bertz CT molecular complexity index is 1510. The fourth-order valence-corrected chi connectivity index (χ4v) is 6.05.